The molecule has 0 aliphatic heterocycles. The molecule has 1 atom stereocenters. The van der Waals surface area contributed by atoms with Crippen LogP contribution in [0.2, 0.25) is 0 Å². The number of fused-ring (bicyclic) bond motifs is 4. The molecular weight excluding hydrogens is 564 g/mol. The van der Waals surface area contributed by atoms with Gasteiger partial charge in [-0.3, -0.25) is 0 Å². The van der Waals surface area contributed by atoms with E-state index in [-0.39, 0.29) is 31.8 Å². The van der Waals surface area contributed by atoms with Gasteiger partial charge >= 0.3 is 11.9 Å². The van der Waals surface area contributed by atoms with E-state index in [1.54, 1.807) is 0 Å². The third-order valence-electron chi connectivity index (χ3n) is 8.79. The van der Waals surface area contributed by atoms with Crippen molar-refractivity contribution >= 4 is 11.9 Å². The molecule has 0 spiro atoms. The van der Waals surface area contributed by atoms with Crippen LogP contribution in [0.1, 0.15) is 52.6 Å². The highest BCUT2D eigenvalue weighted by Gasteiger charge is 2.46. The van der Waals surface area contributed by atoms with Crippen LogP contribution in [0.4, 0.5) is 0 Å². The number of esters is 2. The van der Waals surface area contributed by atoms with E-state index >= 15 is 0 Å². The second-order valence-corrected chi connectivity index (χ2v) is 11.4. The van der Waals surface area contributed by atoms with Crippen molar-refractivity contribution in [3.05, 3.63) is 144 Å². The highest BCUT2D eigenvalue weighted by Crippen LogP contribution is 2.56. The van der Waals surface area contributed by atoms with E-state index in [0.29, 0.717) is 17.4 Å². The van der Waals surface area contributed by atoms with Crippen molar-refractivity contribution in [1.82, 2.24) is 0 Å². The predicted molar refractivity (Wildman–Crippen MR) is 174 cm³/mol. The van der Waals surface area contributed by atoms with Crippen molar-refractivity contribution in [2.24, 2.45) is 0 Å². The summed E-state index contributed by atoms with van der Waals surface area (Å²) in [5, 5.41) is 0. The number of carbonyl (C=O) groups excluding carboxylic acids is 2. The Labute approximate surface area is 263 Å². The molecule has 0 saturated heterocycles. The highest BCUT2D eigenvalue weighted by molar-refractivity contribution is 5.81. The highest BCUT2D eigenvalue weighted by atomic mass is 16.6. The molecule has 0 N–H and O–H groups in total. The van der Waals surface area contributed by atoms with E-state index < -0.39 is 11.9 Å². The summed E-state index contributed by atoms with van der Waals surface area (Å²) in [6, 6.07) is 30.1. The van der Waals surface area contributed by atoms with Gasteiger partial charge in [0.2, 0.25) is 0 Å². The first-order chi connectivity index (χ1) is 21.9. The van der Waals surface area contributed by atoms with Gasteiger partial charge in [-0.05, 0) is 87.5 Å². The second-order valence-electron chi connectivity index (χ2n) is 11.4. The van der Waals surface area contributed by atoms with Gasteiger partial charge in [0.05, 0.1) is 0 Å². The lowest BCUT2D eigenvalue weighted by atomic mass is 9.69. The minimum atomic E-state index is -0.466. The van der Waals surface area contributed by atoms with Crippen molar-refractivity contribution in [2.45, 2.75) is 31.1 Å². The zero-order valence-electron chi connectivity index (χ0n) is 25.4. The first kappa shape index (κ1) is 29.9. The Kier molecular flexibility index (Phi) is 8.56. The van der Waals surface area contributed by atoms with Gasteiger partial charge in [-0.1, -0.05) is 80.7 Å². The molecular formula is C39H36O6. The number of carbonyl (C=O) groups is 2. The Bertz CT molecular complexity index is 1660. The van der Waals surface area contributed by atoms with Gasteiger partial charge in [0.15, 0.2) is 0 Å². The zero-order valence-corrected chi connectivity index (χ0v) is 25.4. The number of benzene rings is 4. The zero-order chi connectivity index (χ0) is 31.4. The molecule has 0 amide bonds. The summed E-state index contributed by atoms with van der Waals surface area (Å²) in [5.74, 6) is 0.823. The smallest absolute Gasteiger partial charge is 0.330 e. The normalized spacial score (nSPS) is 15.3. The van der Waals surface area contributed by atoms with Crippen LogP contribution in [0.5, 0.6) is 11.5 Å². The van der Waals surface area contributed by atoms with Crippen molar-refractivity contribution in [1.29, 1.82) is 0 Å². The minimum absolute atomic E-state index is 0.153. The minimum Gasteiger partial charge on any atom is -0.490 e. The molecule has 2 aliphatic carbocycles. The molecule has 0 aromatic heterocycles. The molecule has 45 heavy (non-hydrogen) atoms. The van der Waals surface area contributed by atoms with Gasteiger partial charge in [-0.25, -0.2) is 9.59 Å². The van der Waals surface area contributed by atoms with Crippen LogP contribution in [0.15, 0.2) is 110 Å². The molecule has 0 radical (unpaired) electrons. The van der Waals surface area contributed by atoms with E-state index in [1.807, 2.05) is 24.3 Å². The van der Waals surface area contributed by atoms with Crippen LogP contribution >= 0.6 is 0 Å². The third-order valence-corrected chi connectivity index (χ3v) is 8.79. The largest absolute Gasteiger partial charge is 0.490 e. The maximum atomic E-state index is 11.3. The predicted octanol–water partition coefficient (Wildman–Crippen LogP) is 7.32. The molecule has 0 saturated carbocycles. The SMILES string of the molecule is C=CC(=O)OCCOc1ccc(C2(c3ccc(OCCOC(=O)C=C)cc3)CC(C)c3cc4c(cc32)Cc2ccccc2-4)cc1. The molecule has 6 rings (SSSR count). The molecule has 228 valence electrons. The Hall–Kier alpha value is -5.10. The van der Waals surface area contributed by atoms with Crippen LogP contribution in [-0.2, 0) is 30.9 Å². The van der Waals surface area contributed by atoms with Crippen molar-refractivity contribution in [3.63, 3.8) is 0 Å². The average molecular weight is 601 g/mol. The first-order valence-electron chi connectivity index (χ1n) is 15.2. The number of ether oxygens (including phenoxy) is 4. The van der Waals surface area contributed by atoms with Crippen LogP contribution in [0, 0.1) is 0 Å². The van der Waals surface area contributed by atoms with Crippen LogP contribution < -0.4 is 9.47 Å². The molecule has 2 aliphatic rings. The number of hydrogen-bond donors (Lipinski definition) is 0. The number of hydrogen-bond acceptors (Lipinski definition) is 6. The molecule has 4 aromatic carbocycles. The Morgan fingerprint density at radius 3 is 1.84 bits per heavy atom. The fourth-order valence-corrected chi connectivity index (χ4v) is 6.76. The molecule has 0 fully saturated rings. The van der Waals surface area contributed by atoms with Gasteiger partial charge in [0, 0.05) is 17.6 Å². The molecule has 0 bridgehead atoms. The maximum Gasteiger partial charge on any atom is 0.330 e. The van der Waals surface area contributed by atoms with Gasteiger partial charge in [-0.2, -0.15) is 0 Å². The maximum absolute atomic E-state index is 11.3. The van der Waals surface area contributed by atoms with E-state index in [0.717, 1.165) is 25.0 Å². The van der Waals surface area contributed by atoms with Crippen LogP contribution in [0.3, 0.4) is 0 Å². The summed E-state index contributed by atoms with van der Waals surface area (Å²) < 4.78 is 21.8. The Balaban J connectivity index is 1.33. The van der Waals surface area contributed by atoms with Crippen molar-refractivity contribution in [2.75, 3.05) is 26.4 Å². The quantitative estimate of drug-likeness (QED) is 0.0850. The lowest BCUT2D eigenvalue weighted by Gasteiger charge is -2.33. The second kappa shape index (κ2) is 12.9. The Morgan fingerprint density at radius 1 is 0.733 bits per heavy atom. The van der Waals surface area contributed by atoms with E-state index in [9.17, 15) is 9.59 Å². The van der Waals surface area contributed by atoms with E-state index in [2.05, 4.69) is 80.7 Å². The van der Waals surface area contributed by atoms with E-state index in [1.165, 1.54) is 44.5 Å². The number of rotatable bonds is 12. The fraction of sp³-hybridized carbons (Fsp3) is 0.231. The summed E-state index contributed by atoms with van der Waals surface area (Å²) in [6.07, 6.45) is 4.13. The van der Waals surface area contributed by atoms with Gasteiger partial charge in [0.25, 0.3) is 0 Å². The van der Waals surface area contributed by atoms with E-state index in [4.69, 9.17) is 18.9 Å². The average Bonchev–Trinajstić information content (AvgIpc) is 3.59. The molecule has 0 heterocycles. The Morgan fingerprint density at radius 2 is 1.29 bits per heavy atom. The first-order valence-corrected chi connectivity index (χ1v) is 15.2. The monoisotopic (exact) mass is 600 g/mol. The van der Waals surface area contributed by atoms with Crippen molar-refractivity contribution in [3.8, 4) is 22.6 Å². The lowest BCUT2D eigenvalue weighted by molar-refractivity contribution is -0.139. The summed E-state index contributed by atoms with van der Waals surface area (Å²) in [7, 11) is 0. The summed E-state index contributed by atoms with van der Waals surface area (Å²) in [4.78, 5) is 22.7. The topological polar surface area (TPSA) is 71.1 Å². The fourth-order valence-electron chi connectivity index (χ4n) is 6.76. The van der Waals surface area contributed by atoms with Crippen LogP contribution in [-0.4, -0.2) is 38.4 Å². The van der Waals surface area contributed by atoms with Gasteiger partial charge in [-0.15, -0.1) is 0 Å². The molecule has 4 aromatic rings. The molecule has 6 heteroatoms. The van der Waals surface area contributed by atoms with Crippen LogP contribution in [0.25, 0.3) is 11.1 Å². The third kappa shape index (κ3) is 5.88. The summed E-state index contributed by atoms with van der Waals surface area (Å²) in [6.45, 7) is 9.96. The summed E-state index contributed by atoms with van der Waals surface area (Å²) >= 11 is 0. The van der Waals surface area contributed by atoms with Gasteiger partial charge in [0.1, 0.15) is 37.9 Å². The standard InChI is InChI=1S/C39H36O6/c1-4-37(40)44-20-18-42-31-14-10-29(11-15-31)39(30-12-16-32(17-13-30)43-19-21-45-38(41)5-2)25-26(3)34-24-35-28(23-36(34)39)22-27-8-6-7-9-33(27)35/h4-17,23-24,26H,1-2,18-22,25H2,3H3. The molecule has 1 unspecified atom stereocenters. The van der Waals surface area contributed by atoms with Crippen molar-refractivity contribution < 1.29 is 28.5 Å². The van der Waals surface area contributed by atoms with Gasteiger partial charge < -0.3 is 18.9 Å². The lowest BCUT2D eigenvalue weighted by Crippen LogP contribution is -2.27. The summed E-state index contributed by atoms with van der Waals surface area (Å²) in [5.41, 5.74) is 10.1. The molecule has 6 nitrogen and oxygen atoms in total.